The van der Waals surface area contributed by atoms with E-state index in [0.29, 0.717) is 0 Å². The maximum atomic E-state index is 11.2. The lowest BCUT2D eigenvalue weighted by atomic mass is 10.1. The van der Waals surface area contributed by atoms with Gasteiger partial charge >= 0.3 is 20.5 Å². The van der Waals surface area contributed by atoms with Gasteiger partial charge in [-0.1, -0.05) is 12.1 Å². The van der Waals surface area contributed by atoms with Crippen molar-refractivity contribution in [3.63, 3.8) is 0 Å². The van der Waals surface area contributed by atoms with Crippen LogP contribution >= 0.6 is 8.60 Å². The Bertz CT molecular complexity index is 367. The van der Waals surface area contributed by atoms with Gasteiger partial charge in [-0.3, -0.25) is 0 Å². The highest BCUT2D eigenvalue weighted by atomic mass is 31.2. The van der Waals surface area contributed by atoms with Crippen LogP contribution in [0.5, 0.6) is 0 Å². The average molecular weight is 276 g/mol. The smallest absolute Gasteiger partial charge is 0.338 e. The molecule has 0 saturated carbocycles. The topological polar surface area (TPSA) is 113 Å². The molecule has 18 heavy (non-hydrogen) atoms. The van der Waals surface area contributed by atoms with Crippen LogP contribution in [0.4, 0.5) is 0 Å². The predicted octanol–water partition coefficient (Wildman–Crippen LogP) is 0.450. The van der Waals surface area contributed by atoms with E-state index in [9.17, 15) is 9.59 Å². The Hall–Kier alpha value is -1.53. The number of hydrogen-bond acceptors (Lipinski definition) is 7. The van der Waals surface area contributed by atoms with Gasteiger partial charge in [-0.15, -0.1) is 0 Å². The average Bonchev–Trinajstić information content (AvgIpc) is 2.36. The predicted molar refractivity (Wildman–Crippen MR) is 62.7 cm³/mol. The second-order valence-electron chi connectivity index (χ2n) is 2.80. The lowest BCUT2D eigenvalue weighted by Gasteiger charge is -2.04. The minimum absolute atomic E-state index is 0.210. The van der Waals surface area contributed by atoms with Crippen molar-refractivity contribution in [2.45, 2.75) is 0 Å². The zero-order valence-corrected chi connectivity index (χ0v) is 10.6. The van der Waals surface area contributed by atoms with Gasteiger partial charge in [0, 0.05) is 0 Å². The molecule has 3 N–H and O–H groups in total. The Morgan fingerprint density at radius 2 is 1.22 bits per heavy atom. The van der Waals surface area contributed by atoms with Gasteiger partial charge < -0.3 is 24.2 Å². The first-order valence-electron chi connectivity index (χ1n) is 4.56. The van der Waals surface area contributed by atoms with Crippen LogP contribution in [0.3, 0.4) is 0 Å². The highest BCUT2D eigenvalue weighted by Crippen LogP contribution is 2.11. The molecule has 1 aromatic rings. The number of benzene rings is 1. The molecule has 7 nitrogen and oxygen atoms in total. The summed E-state index contributed by atoms with van der Waals surface area (Å²) in [5.74, 6) is -1.10. The highest BCUT2D eigenvalue weighted by Gasteiger charge is 2.16. The van der Waals surface area contributed by atoms with E-state index >= 15 is 0 Å². The summed E-state index contributed by atoms with van der Waals surface area (Å²) in [5.41, 5.74) is 0.420. The van der Waals surface area contributed by atoms with Crippen molar-refractivity contribution in [2.75, 3.05) is 14.2 Å². The summed E-state index contributed by atoms with van der Waals surface area (Å²) in [4.78, 5) is 44.1. The third-order valence-electron chi connectivity index (χ3n) is 1.74. The quantitative estimate of drug-likeness (QED) is 0.530. The summed E-state index contributed by atoms with van der Waals surface area (Å²) < 4.78 is 9.05. The molecular formula is C10H13O7P. The van der Waals surface area contributed by atoms with Gasteiger partial charge in [-0.05, 0) is 12.1 Å². The molecule has 0 spiro atoms. The lowest BCUT2D eigenvalue weighted by Crippen LogP contribution is -2.11. The molecule has 0 fully saturated rings. The van der Waals surface area contributed by atoms with Gasteiger partial charge in [0.15, 0.2) is 0 Å². The fourth-order valence-electron chi connectivity index (χ4n) is 1.06. The summed E-state index contributed by atoms with van der Waals surface area (Å²) in [6.45, 7) is 0. The molecule has 0 radical (unpaired) electrons. The summed E-state index contributed by atoms with van der Waals surface area (Å²) in [7, 11) is -0.0998. The SMILES string of the molecule is COC(=O)c1ccccc1C(=O)OC.OP(O)O. The van der Waals surface area contributed by atoms with Gasteiger partial charge in [0.05, 0.1) is 25.3 Å². The Balaban J connectivity index is 0.000000631. The molecule has 0 amide bonds. The Kier molecular flexibility index (Phi) is 7.82. The van der Waals surface area contributed by atoms with E-state index in [2.05, 4.69) is 9.47 Å². The monoisotopic (exact) mass is 276 g/mol. The molecule has 0 aliphatic heterocycles. The van der Waals surface area contributed by atoms with E-state index in [4.69, 9.17) is 14.7 Å². The number of carbonyl (C=O) groups excluding carboxylic acids is 2. The van der Waals surface area contributed by atoms with Crippen molar-refractivity contribution >= 4 is 20.5 Å². The van der Waals surface area contributed by atoms with Crippen LogP contribution in [-0.2, 0) is 9.47 Å². The van der Waals surface area contributed by atoms with E-state index in [1.807, 2.05) is 0 Å². The molecule has 0 aromatic heterocycles. The van der Waals surface area contributed by atoms with Crippen LogP contribution in [0, 0.1) is 0 Å². The van der Waals surface area contributed by atoms with Crippen LogP contribution in [0.2, 0.25) is 0 Å². The zero-order chi connectivity index (χ0) is 14.1. The summed E-state index contributed by atoms with van der Waals surface area (Å²) in [5, 5.41) is 0. The van der Waals surface area contributed by atoms with E-state index in [-0.39, 0.29) is 11.1 Å². The number of carbonyl (C=O) groups is 2. The van der Waals surface area contributed by atoms with Crippen molar-refractivity contribution in [3.05, 3.63) is 35.4 Å². The van der Waals surface area contributed by atoms with Gasteiger partial charge in [-0.25, -0.2) is 9.59 Å². The number of rotatable bonds is 2. The first-order valence-corrected chi connectivity index (χ1v) is 5.76. The van der Waals surface area contributed by atoms with Crippen molar-refractivity contribution in [3.8, 4) is 0 Å². The number of esters is 2. The number of methoxy groups -OCH3 is 2. The van der Waals surface area contributed by atoms with Gasteiger partial charge in [0.25, 0.3) is 0 Å². The minimum Gasteiger partial charge on any atom is -0.465 e. The Labute approximate surface area is 105 Å². The van der Waals surface area contributed by atoms with Crippen molar-refractivity contribution in [2.24, 2.45) is 0 Å². The second-order valence-corrected chi connectivity index (χ2v) is 3.33. The number of ether oxygens (including phenoxy) is 2. The second kappa shape index (κ2) is 8.54. The van der Waals surface area contributed by atoms with Gasteiger partial charge in [-0.2, -0.15) is 0 Å². The summed E-state index contributed by atoms with van der Waals surface area (Å²) >= 11 is 0. The van der Waals surface area contributed by atoms with Gasteiger partial charge in [0.1, 0.15) is 0 Å². The molecule has 0 saturated heterocycles. The van der Waals surface area contributed by atoms with Crippen molar-refractivity contribution in [1.82, 2.24) is 0 Å². The molecule has 1 aromatic carbocycles. The molecular weight excluding hydrogens is 263 g/mol. The third-order valence-corrected chi connectivity index (χ3v) is 1.74. The Morgan fingerprint density at radius 3 is 1.44 bits per heavy atom. The normalized spacial score (nSPS) is 9.22. The third kappa shape index (κ3) is 5.70. The molecule has 1 rings (SSSR count). The van der Waals surface area contributed by atoms with Crippen LogP contribution < -0.4 is 0 Å². The van der Waals surface area contributed by atoms with Crippen LogP contribution in [0.1, 0.15) is 20.7 Å². The van der Waals surface area contributed by atoms with Crippen molar-refractivity contribution < 1.29 is 33.7 Å². The first-order chi connectivity index (χ1) is 8.43. The molecule has 0 heterocycles. The van der Waals surface area contributed by atoms with Crippen molar-refractivity contribution in [1.29, 1.82) is 0 Å². The standard InChI is InChI=1S/C10H10O4.H3O3P/c1-13-9(11)7-5-3-4-6-8(7)10(12)14-2;1-4(2)3/h3-6H,1-2H3;1-3H. The van der Waals surface area contributed by atoms with Crippen LogP contribution in [0.15, 0.2) is 24.3 Å². The summed E-state index contributed by atoms with van der Waals surface area (Å²) in [6, 6.07) is 6.33. The first kappa shape index (κ1) is 16.5. The zero-order valence-electron chi connectivity index (χ0n) is 9.73. The maximum absolute atomic E-state index is 11.2. The van der Waals surface area contributed by atoms with Crippen LogP contribution in [0.25, 0.3) is 0 Å². The summed E-state index contributed by atoms with van der Waals surface area (Å²) in [6.07, 6.45) is 0. The molecule has 8 heteroatoms. The van der Waals surface area contributed by atoms with E-state index in [1.54, 1.807) is 12.1 Å². The molecule has 0 aliphatic carbocycles. The fourth-order valence-corrected chi connectivity index (χ4v) is 1.06. The molecule has 0 atom stereocenters. The largest absolute Gasteiger partial charge is 0.465 e. The van der Waals surface area contributed by atoms with E-state index in [1.165, 1.54) is 26.4 Å². The number of hydrogen-bond donors (Lipinski definition) is 3. The molecule has 0 unspecified atom stereocenters. The molecule has 0 bridgehead atoms. The molecule has 100 valence electrons. The maximum Gasteiger partial charge on any atom is 0.338 e. The lowest BCUT2D eigenvalue weighted by molar-refractivity contribution is 0.0555. The van der Waals surface area contributed by atoms with E-state index in [0.717, 1.165) is 0 Å². The Morgan fingerprint density at radius 1 is 0.944 bits per heavy atom. The van der Waals surface area contributed by atoms with Crippen LogP contribution in [-0.4, -0.2) is 40.8 Å². The fraction of sp³-hybridized carbons (Fsp3) is 0.200. The highest BCUT2D eigenvalue weighted by molar-refractivity contribution is 7.38. The minimum atomic E-state index is -2.62. The van der Waals surface area contributed by atoms with E-state index < -0.39 is 20.5 Å². The van der Waals surface area contributed by atoms with Gasteiger partial charge in [0.2, 0.25) is 0 Å². The molecule has 0 aliphatic rings.